The van der Waals surface area contributed by atoms with Crippen molar-refractivity contribution in [3.63, 3.8) is 0 Å². The highest BCUT2D eigenvalue weighted by atomic mass is 18.2. The van der Waals surface area contributed by atoms with Crippen LogP contribution in [0.2, 0.25) is 0 Å². The van der Waals surface area contributed by atoms with Crippen molar-refractivity contribution in [2.45, 2.75) is 6.92 Å². The van der Waals surface area contributed by atoms with Crippen molar-refractivity contribution >= 4 is 11.7 Å². The molecule has 0 fully saturated rings. The zero-order chi connectivity index (χ0) is 11.3. The quantitative estimate of drug-likeness (QED) is 0.756. The van der Waals surface area contributed by atoms with Gasteiger partial charge >= 0.3 is 0 Å². The SMILES string of the molecule is CC(=O)CONC(=O)c1ccc([18F])cc1. The van der Waals surface area contributed by atoms with Crippen LogP contribution in [0.25, 0.3) is 0 Å². The smallest absolute Gasteiger partial charge is 0.274 e. The Bertz CT molecular complexity index is 361. The molecule has 0 aliphatic heterocycles. The highest BCUT2D eigenvalue weighted by Crippen LogP contribution is 2.02. The number of Topliss-reactive ketones (excluding diaryl/α,β-unsaturated/α-hetero) is 1. The number of rotatable bonds is 4. The molecule has 4 nitrogen and oxygen atoms in total. The normalized spacial score (nSPS) is 9.73. The zero-order valence-electron chi connectivity index (χ0n) is 8.12. The predicted octanol–water partition coefficient (Wildman–Crippen LogP) is 1.08. The number of halogens is 1. The Morgan fingerprint density at radius 2 is 1.93 bits per heavy atom. The van der Waals surface area contributed by atoms with E-state index in [1.54, 1.807) is 0 Å². The van der Waals surface area contributed by atoms with Gasteiger partial charge in [-0.15, -0.1) is 0 Å². The molecule has 5 heteroatoms. The summed E-state index contributed by atoms with van der Waals surface area (Å²) in [5.41, 5.74) is 2.33. The molecule has 1 rings (SSSR count). The van der Waals surface area contributed by atoms with Gasteiger partial charge in [0.1, 0.15) is 12.4 Å². The van der Waals surface area contributed by atoms with E-state index in [4.69, 9.17) is 0 Å². The Morgan fingerprint density at radius 3 is 2.47 bits per heavy atom. The maximum atomic E-state index is 12.5. The number of ketones is 1. The van der Waals surface area contributed by atoms with Crippen LogP contribution in [0.15, 0.2) is 24.3 Å². The van der Waals surface area contributed by atoms with Gasteiger partial charge in [0.05, 0.1) is 0 Å². The fourth-order valence-electron chi connectivity index (χ4n) is 0.863. The van der Waals surface area contributed by atoms with Crippen LogP contribution in [-0.4, -0.2) is 18.3 Å². The molecule has 0 saturated heterocycles. The fourth-order valence-corrected chi connectivity index (χ4v) is 0.863. The molecular formula is C10H10FNO3. The van der Waals surface area contributed by atoms with Gasteiger partial charge in [-0.1, -0.05) is 0 Å². The van der Waals surface area contributed by atoms with Gasteiger partial charge in [-0.25, -0.2) is 9.87 Å². The van der Waals surface area contributed by atoms with Gasteiger partial charge in [-0.05, 0) is 31.2 Å². The maximum Gasteiger partial charge on any atom is 0.274 e. The van der Waals surface area contributed by atoms with Crippen LogP contribution in [0.4, 0.5) is 4.39 Å². The lowest BCUT2D eigenvalue weighted by molar-refractivity contribution is -0.123. The number of nitrogens with one attached hydrogen (secondary N) is 1. The molecular weight excluding hydrogens is 200 g/mol. The molecule has 15 heavy (non-hydrogen) atoms. The lowest BCUT2D eigenvalue weighted by Gasteiger charge is -2.03. The second kappa shape index (κ2) is 5.21. The van der Waals surface area contributed by atoms with Crippen molar-refractivity contribution in [1.82, 2.24) is 5.48 Å². The minimum absolute atomic E-state index is 0.188. The summed E-state index contributed by atoms with van der Waals surface area (Å²) in [5, 5.41) is 0. The Labute approximate surface area is 86.0 Å². The molecule has 0 unspecified atom stereocenters. The highest BCUT2D eigenvalue weighted by Gasteiger charge is 2.05. The van der Waals surface area contributed by atoms with Crippen LogP contribution in [0.5, 0.6) is 0 Å². The van der Waals surface area contributed by atoms with Gasteiger partial charge in [0.2, 0.25) is 0 Å². The maximum absolute atomic E-state index is 12.5. The summed E-state index contributed by atoms with van der Waals surface area (Å²) in [6, 6.07) is 4.98. The lowest BCUT2D eigenvalue weighted by Crippen LogP contribution is -2.25. The minimum Gasteiger partial charge on any atom is -0.297 e. The molecule has 1 amide bonds. The third-order valence-corrected chi connectivity index (χ3v) is 1.55. The van der Waals surface area contributed by atoms with Gasteiger partial charge in [-0.2, -0.15) is 0 Å². The molecule has 0 radical (unpaired) electrons. The standard InChI is InChI=1S/C10H10FNO3/c1-7(13)6-15-12-10(14)8-2-4-9(11)5-3-8/h2-5H,6H2,1H3,(H,12,14)/i11-1. The van der Waals surface area contributed by atoms with Crippen LogP contribution in [0, 0.1) is 5.82 Å². The highest BCUT2D eigenvalue weighted by molar-refractivity contribution is 5.93. The van der Waals surface area contributed by atoms with E-state index in [0.717, 1.165) is 0 Å². The van der Waals surface area contributed by atoms with Gasteiger partial charge in [0, 0.05) is 5.56 Å². The summed E-state index contributed by atoms with van der Waals surface area (Å²) in [4.78, 5) is 26.3. The molecule has 1 aromatic carbocycles. The summed E-state index contributed by atoms with van der Waals surface area (Å²) >= 11 is 0. The second-order valence-corrected chi connectivity index (χ2v) is 2.93. The first-order chi connectivity index (χ1) is 7.09. The zero-order valence-corrected chi connectivity index (χ0v) is 8.12. The van der Waals surface area contributed by atoms with E-state index in [1.807, 2.05) is 0 Å². The largest absolute Gasteiger partial charge is 0.297 e. The van der Waals surface area contributed by atoms with Gasteiger partial charge in [-0.3, -0.25) is 14.4 Å². The number of hydroxylamine groups is 1. The number of hydrogen-bond acceptors (Lipinski definition) is 3. The van der Waals surface area contributed by atoms with Crippen molar-refractivity contribution in [3.05, 3.63) is 35.6 Å². The molecule has 0 saturated carbocycles. The van der Waals surface area contributed by atoms with Crippen LogP contribution < -0.4 is 5.48 Å². The van der Waals surface area contributed by atoms with E-state index in [1.165, 1.54) is 31.2 Å². The molecule has 80 valence electrons. The number of carbonyl (C=O) groups is 2. The number of carbonyl (C=O) groups excluding carboxylic acids is 2. The number of amides is 1. The number of hydrogen-bond donors (Lipinski definition) is 1. The van der Waals surface area contributed by atoms with E-state index in [9.17, 15) is 14.0 Å². The molecule has 0 aliphatic carbocycles. The Kier molecular flexibility index (Phi) is 3.93. The molecule has 1 N–H and O–H groups in total. The molecule has 0 bridgehead atoms. The Morgan fingerprint density at radius 1 is 1.33 bits per heavy atom. The van der Waals surface area contributed by atoms with Crippen LogP contribution in [-0.2, 0) is 9.63 Å². The van der Waals surface area contributed by atoms with Gasteiger partial charge < -0.3 is 0 Å². The van der Waals surface area contributed by atoms with Crippen LogP contribution in [0.1, 0.15) is 17.3 Å². The van der Waals surface area contributed by atoms with Crippen molar-refractivity contribution in [2.24, 2.45) is 0 Å². The first-order valence-corrected chi connectivity index (χ1v) is 4.26. The van der Waals surface area contributed by atoms with Gasteiger partial charge in [0.25, 0.3) is 5.91 Å². The summed E-state index contributed by atoms with van der Waals surface area (Å²) in [6.07, 6.45) is 0. The van der Waals surface area contributed by atoms with Crippen molar-refractivity contribution < 1.29 is 18.8 Å². The van der Waals surface area contributed by atoms with Gasteiger partial charge in [0.15, 0.2) is 5.78 Å². The van der Waals surface area contributed by atoms with E-state index >= 15 is 0 Å². The first kappa shape index (κ1) is 11.3. The molecule has 0 spiro atoms. The van der Waals surface area contributed by atoms with E-state index in [0.29, 0.717) is 0 Å². The monoisotopic (exact) mass is 210 g/mol. The molecule has 0 aliphatic rings. The second-order valence-electron chi connectivity index (χ2n) is 2.93. The Hall–Kier alpha value is -1.75. The third kappa shape index (κ3) is 3.86. The van der Waals surface area contributed by atoms with Crippen LogP contribution in [0.3, 0.4) is 0 Å². The molecule has 0 atom stereocenters. The average molecular weight is 210 g/mol. The van der Waals surface area contributed by atoms with E-state index in [-0.39, 0.29) is 18.0 Å². The van der Waals surface area contributed by atoms with Crippen molar-refractivity contribution in [1.29, 1.82) is 0 Å². The van der Waals surface area contributed by atoms with E-state index in [2.05, 4.69) is 10.3 Å². The summed E-state index contributed by atoms with van der Waals surface area (Å²) < 4.78 is 12.5. The topological polar surface area (TPSA) is 55.4 Å². The predicted molar refractivity (Wildman–Crippen MR) is 50.5 cm³/mol. The average Bonchev–Trinajstić information content (AvgIpc) is 2.18. The summed E-state index contributed by atoms with van der Waals surface area (Å²) in [7, 11) is 0. The summed E-state index contributed by atoms with van der Waals surface area (Å²) in [6.45, 7) is 1.15. The minimum atomic E-state index is -0.517. The van der Waals surface area contributed by atoms with Crippen molar-refractivity contribution in [3.8, 4) is 0 Å². The molecule has 1 aromatic rings. The summed E-state index contributed by atoms with van der Waals surface area (Å²) in [5.74, 6) is -1.14. The number of benzene rings is 1. The lowest BCUT2D eigenvalue weighted by atomic mass is 10.2. The third-order valence-electron chi connectivity index (χ3n) is 1.55. The first-order valence-electron chi connectivity index (χ1n) is 4.26. The van der Waals surface area contributed by atoms with Crippen LogP contribution >= 0.6 is 0 Å². The van der Waals surface area contributed by atoms with Crippen molar-refractivity contribution in [2.75, 3.05) is 6.61 Å². The fraction of sp³-hybridized carbons (Fsp3) is 0.200. The molecule has 0 heterocycles. The Balaban J connectivity index is 2.47. The van der Waals surface area contributed by atoms with E-state index < -0.39 is 11.7 Å². The molecule has 0 aromatic heterocycles.